The second-order valence-electron chi connectivity index (χ2n) is 2.61. The largest absolute Gasteiger partial charge is 0.591 e. The molecule has 1 fully saturated rings. The van der Waals surface area contributed by atoms with Crippen LogP contribution < -0.4 is 0 Å². The van der Waals surface area contributed by atoms with Gasteiger partial charge in [-0.25, -0.2) is 0 Å². The van der Waals surface area contributed by atoms with Gasteiger partial charge in [0.25, 0.3) is 0 Å². The van der Waals surface area contributed by atoms with Crippen molar-refractivity contribution < 1.29 is 0 Å². The molecule has 1 heterocycles. The monoisotopic (exact) mass is 147 g/mol. The Morgan fingerprint density at radius 2 is 2.00 bits per heavy atom. The average molecular weight is 148 g/mol. The van der Waals surface area contributed by atoms with Crippen LogP contribution in [-0.4, -0.2) is 29.5 Å². The molecule has 3 unspecified atom stereocenters. The lowest BCUT2D eigenvalue weighted by Gasteiger charge is -2.29. The molecule has 1 aliphatic rings. The van der Waals surface area contributed by atoms with Crippen LogP contribution in [0.1, 0.15) is 13.8 Å². The molecule has 0 amide bonds. The van der Waals surface area contributed by atoms with Gasteiger partial charge in [0.1, 0.15) is 0 Å². The summed E-state index contributed by atoms with van der Waals surface area (Å²) in [5, 5.41) is 2.12. The fraction of sp³-hybridized carbons (Fsp3) is 1.00. The van der Waals surface area contributed by atoms with Crippen molar-refractivity contribution in [3.8, 4) is 0 Å². The number of hydrogen-bond donors (Lipinski definition) is 0. The normalized spacial score (nSPS) is 46.0. The lowest BCUT2D eigenvalue weighted by Crippen LogP contribution is -2.25. The number of alkyl halides is 1. The van der Waals surface area contributed by atoms with E-state index < -0.39 is 0 Å². The Labute approximate surface area is 61.1 Å². The molecule has 0 aromatic heterocycles. The first-order valence-electron chi connectivity index (χ1n) is 3.20. The molecule has 2 nitrogen and oxygen atoms in total. The minimum Gasteiger partial charge on any atom is -0.591 e. The Morgan fingerprint density at radius 1 is 1.44 bits per heavy atom. The van der Waals surface area contributed by atoms with Crippen molar-refractivity contribution in [2.75, 3.05) is 7.05 Å². The van der Waals surface area contributed by atoms with Gasteiger partial charge in [0.05, 0.1) is 0 Å². The number of rotatable bonds is 0. The fourth-order valence-corrected chi connectivity index (χ4v) is 1.28. The van der Waals surface area contributed by atoms with Crippen LogP contribution in [0.4, 0.5) is 0 Å². The third kappa shape index (κ3) is 1.20. The van der Waals surface area contributed by atoms with E-state index in [0.717, 1.165) is 0 Å². The van der Waals surface area contributed by atoms with Crippen molar-refractivity contribution in [2.45, 2.75) is 31.3 Å². The van der Waals surface area contributed by atoms with Gasteiger partial charge in [-0.05, 0) is 14.0 Å². The van der Waals surface area contributed by atoms with Crippen molar-refractivity contribution in [2.24, 2.45) is 0 Å². The van der Waals surface area contributed by atoms with E-state index in [2.05, 4.69) is 12.3 Å². The highest BCUT2D eigenvalue weighted by Crippen LogP contribution is 2.28. The SMILES string of the molecule is CC1[N-]N(C)C(C)C1Cl. The van der Waals surface area contributed by atoms with Gasteiger partial charge in [-0.15, -0.1) is 17.6 Å². The van der Waals surface area contributed by atoms with Gasteiger partial charge >= 0.3 is 0 Å². The van der Waals surface area contributed by atoms with E-state index in [-0.39, 0.29) is 11.4 Å². The minimum atomic E-state index is 0.190. The van der Waals surface area contributed by atoms with E-state index in [1.165, 1.54) is 0 Å². The molecule has 0 aliphatic carbocycles. The molecular weight excluding hydrogens is 136 g/mol. The van der Waals surface area contributed by atoms with Gasteiger partial charge < -0.3 is 10.4 Å². The maximum atomic E-state index is 5.97. The standard InChI is InChI=1S/C6H12ClN2/c1-4-6(7)5(2)9(3)8-4/h4-6H,1-3H3/q-1. The predicted molar refractivity (Wildman–Crippen MR) is 39.7 cm³/mol. The van der Waals surface area contributed by atoms with Crippen LogP contribution >= 0.6 is 11.6 Å². The van der Waals surface area contributed by atoms with E-state index in [4.69, 9.17) is 11.6 Å². The molecule has 3 atom stereocenters. The Kier molecular flexibility index (Phi) is 1.99. The highest BCUT2D eigenvalue weighted by Gasteiger charge is 2.22. The maximum Gasteiger partial charge on any atom is 0.0321 e. The zero-order valence-corrected chi connectivity index (χ0v) is 6.76. The topological polar surface area (TPSA) is 17.3 Å². The third-order valence-electron chi connectivity index (χ3n) is 1.88. The Balaban J connectivity index is 2.54. The summed E-state index contributed by atoms with van der Waals surface area (Å²) in [5.41, 5.74) is 4.25. The summed E-state index contributed by atoms with van der Waals surface area (Å²) in [6.45, 7) is 4.13. The average Bonchev–Trinajstić information content (AvgIpc) is 1.98. The molecule has 3 heteroatoms. The molecular formula is C6H12ClN2-. The third-order valence-corrected chi connectivity index (χ3v) is 2.60. The van der Waals surface area contributed by atoms with Crippen molar-refractivity contribution in [3.63, 3.8) is 0 Å². The summed E-state index contributed by atoms with van der Waals surface area (Å²) >= 11 is 5.97. The molecule has 9 heavy (non-hydrogen) atoms. The van der Waals surface area contributed by atoms with Gasteiger partial charge in [-0.3, -0.25) is 0 Å². The van der Waals surface area contributed by atoms with Gasteiger partial charge in [0.15, 0.2) is 0 Å². The second kappa shape index (κ2) is 2.45. The number of hydrogen-bond acceptors (Lipinski definition) is 1. The van der Waals surface area contributed by atoms with Gasteiger partial charge in [-0.1, -0.05) is 6.92 Å². The van der Waals surface area contributed by atoms with Crippen molar-refractivity contribution in [3.05, 3.63) is 5.43 Å². The molecule has 0 aromatic carbocycles. The van der Waals surface area contributed by atoms with Crippen LogP contribution in [0.25, 0.3) is 5.43 Å². The zero-order chi connectivity index (χ0) is 7.02. The molecule has 0 saturated carbocycles. The van der Waals surface area contributed by atoms with Gasteiger partial charge in [-0.2, -0.15) is 0 Å². The van der Waals surface area contributed by atoms with E-state index in [0.29, 0.717) is 6.04 Å². The molecule has 1 rings (SSSR count). The van der Waals surface area contributed by atoms with Crippen molar-refractivity contribution in [1.29, 1.82) is 0 Å². The first-order chi connectivity index (χ1) is 4.13. The van der Waals surface area contributed by atoms with Crippen LogP contribution in [0.2, 0.25) is 0 Å². The van der Waals surface area contributed by atoms with Crippen molar-refractivity contribution >= 4 is 11.6 Å². The Morgan fingerprint density at radius 3 is 2.11 bits per heavy atom. The summed E-state index contributed by atoms with van der Waals surface area (Å²) < 4.78 is 0. The minimum absolute atomic E-state index is 0.190. The quantitative estimate of drug-likeness (QED) is 0.476. The lowest BCUT2D eigenvalue weighted by molar-refractivity contribution is 0.379. The molecule has 0 radical (unpaired) electrons. The molecule has 0 spiro atoms. The van der Waals surface area contributed by atoms with Crippen LogP contribution in [0, 0.1) is 0 Å². The molecule has 1 saturated heterocycles. The molecule has 54 valence electrons. The highest BCUT2D eigenvalue weighted by molar-refractivity contribution is 6.22. The molecule has 0 aromatic rings. The highest BCUT2D eigenvalue weighted by atomic mass is 35.5. The molecule has 0 bridgehead atoms. The maximum absolute atomic E-state index is 5.97. The summed E-state index contributed by atoms with van der Waals surface area (Å²) in [6.07, 6.45) is 0. The van der Waals surface area contributed by atoms with E-state index in [1.807, 2.05) is 19.0 Å². The van der Waals surface area contributed by atoms with Crippen LogP contribution in [0.5, 0.6) is 0 Å². The Bertz CT molecular complexity index is 95.2. The second-order valence-corrected chi connectivity index (χ2v) is 3.12. The summed E-state index contributed by atoms with van der Waals surface area (Å²) in [6, 6.07) is 0.674. The molecule has 0 N–H and O–H groups in total. The summed E-state index contributed by atoms with van der Waals surface area (Å²) in [4.78, 5) is 0. The molecule has 1 aliphatic heterocycles. The van der Waals surface area contributed by atoms with Gasteiger partial charge in [0.2, 0.25) is 0 Å². The fourth-order valence-electron chi connectivity index (χ4n) is 1.07. The van der Waals surface area contributed by atoms with Crippen molar-refractivity contribution in [1.82, 2.24) is 5.01 Å². The summed E-state index contributed by atoms with van der Waals surface area (Å²) in [7, 11) is 1.96. The predicted octanol–water partition coefficient (Wildman–Crippen LogP) is 1.60. The zero-order valence-electron chi connectivity index (χ0n) is 6.00. The van der Waals surface area contributed by atoms with Crippen LogP contribution in [-0.2, 0) is 0 Å². The van der Waals surface area contributed by atoms with E-state index in [9.17, 15) is 0 Å². The van der Waals surface area contributed by atoms with E-state index in [1.54, 1.807) is 0 Å². The lowest BCUT2D eigenvalue weighted by atomic mass is 10.2. The first kappa shape index (κ1) is 7.32. The number of halogens is 1. The van der Waals surface area contributed by atoms with E-state index >= 15 is 0 Å². The smallest absolute Gasteiger partial charge is 0.0321 e. The number of nitrogens with zero attached hydrogens (tertiary/aromatic N) is 2. The van der Waals surface area contributed by atoms with Crippen LogP contribution in [0.15, 0.2) is 0 Å². The van der Waals surface area contributed by atoms with Crippen LogP contribution in [0.3, 0.4) is 0 Å². The Hall–Kier alpha value is 0.210. The first-order valence-corrected chi connectivity index (χ1v) is 3.64. The van der Waals surface area contributed by atoms with Gasteiger partial charge in [0, 0.05) is 11.4 Å². The summed E-state index contributed by atoms with van der Waals surface area (Å²) in [5.74, 6) is 0.